The highest BCUT2D eigenvalue weighted by Crippen LogP contribution is 2.88. The highest BCUT2D eigenvalue weighted by Gasteiger charge is 2.85. The van der Waals surface area contributed by atoms with Gasteiger partial charge >= 0.3 is 5.97 Å². The monoisotopic (exact) mass is 336 g/mol. The van der Waals surface area contributed by atoms with Gasteiger partial charge in [-0.15, -0.1) is 0 Å². The van der Waals surface area contributed by atoms with Crippen LogP contribution in [0.25, 0.3) is 0 Å². The summed E-state index contributed by atoms with van der Waals surface area (Å²) in [4.78, 5) is 27.2. The van der Waals surface area contributed by atoms with E-state index in [4.69, 9.17) is 10.5 Å². The minimum Gasteiger partial charge on any atom is -0.467 e. The average Bonchev–Trinajstić information content (AvgIpc) is 2.71. The third-order valence-electron chi connectivity index (χ3n) is 7.77. The fourth-order valence-electron chi connectivity index (χ4n) is 5.73. The van der Waals surface area contributed by atoms with Crippen LogP contribution in [-0.4, -0.2) is 42.5 Å². The van der Waals surface area contributed by atoms with E-state index in [9.17, 15) is 9.59 Å². The Hall–Kier alpha value is -1.10. The van der Waals surface area contributed by atoms with Gasteiger partial charge in [-0.3, -0.25) is 4.79 Å². The molecule has 1 amide bonds. The average molecular weight is 336 g/mol. The third kappa shape index (κ3) is 1.91. The number of carbonyl (C=O) groups excluding carboxylic acids is 2. The summed E-state index contributed by atoms with van der Waals surface area (Å²) in [6.07, 6.45) is 4.39. The summed E-state index contributed by atoms with van der Waals surface area (Å²) in [7, 11) is 1.40. The number of nitrogens with zero attached hydrogens (tertiary/aromatic N) is 1. The van der Waals surface area contributed by atoms with Crippen LogP contribution in [0.1, 0.15) is 60.3 Å². The van der Waals surface area contributed by atoms with Crippen molar-refractivity contribution < 1.29 is 14.3 Å². The second-order valence-corrected chi connectivity index (χ2v) is 9.70. The predicted molar refractivity (Wildman–Crippen MR) is 92.1 cm³/mol. The molecule has 1 heterocycles. The number of fused-ring (bicyclic) bond motifs is 1. The maximum atomic E-state index is 13.1. The summed E-state index contributed by atoms with van der Waals surface area (Å²) < 4.78 is 5.02. The Kier molecular flexibility index (Phi) is 3.66. The lowest BCUT2D eigenvalue weighted by atomic mass is 9.73. The number of carbonyl (C=O) groups is 2. The summed E-state index contributed by atoms with van der Waals surface area (Å²) in [5.41, 5.74) is 6.41. The van der Waals surface area contributed by atoms with Crippen molar-refractivity contribution >= 4 is 11.9 Å². The quantitative estimate of drug-likeness (QED) is 0.786. The lowest BCUT2D eigenvalue weighted by Crippen LogP contribution is -2.53. The second-order valence-electron chi connectivity index (χ2n) is 9.70. The molecule has 5 heteroatoms. The minimum absolute atomic E-state index is 0.0460. The van der Waals surface area contributed by atoms with E-state index < -0.39 is 12.1 Å². The smallest absolute Gasteiger partial charge is 0.328 e. The fourth-order valence-corrected chi connectivity index (χ4v) is 5.73. The molecule has 2 spiro atoms. The van der Waals surface area contributed by atoms with Crippen molar-refractivity contribution in [3.05, 3.63) is 0 Å². The number of esters is 1. The number of hydrogen-bond acceptors (Lipinski definition) is 4. The SMILES string of the molecule is COC(=O)[C@@H]1C[C@@]2(CN1C(=O)[C@@H](N)C(C)(C)C)C(C)(C)C21CCC1. The highest BCUT2D eigenvalue weighted by atomic mass is 16.5. The Morgan fingerprint density at radius 2 is 1.79 bits per heavy atom. The van der Waals surface area contributed by atoms with Gasteiger partial charge in [-0.25, -0.2) is 4.79 Å². The molecule has 3 aliphatic rings. The molecule has 0 bridgehead atoms. The Balaban J connectivity index is 1.91. The van der Waals surface area contributed by atoms with Crippen LogP contribution in [0.3, 0.4) is 0 Å². The van der Waals surface area contributed by atoms with Gasteiger partial charge in [-0.05, 0) is 35.5 Å². The standard InChI is InChI=1S/C19H32N2O3/c1-16(2,3)13(20)14(22)21-11-19(10-12(21)15(23)24-6)17(4,5)18(19)8-7-9-18/h12-13H,7-11,20H2,1-6H3/t12-,13+,19+/m0/s1. The Morgan fingerprint density at radius 3 is 2.17 bits per heavy atom. The van der Waals surface area contributed by atoms with E-state index in [0.717, 1.165) is 6.42 Å². The van der Waals surface area contributed by atoms with E-state index in [0.29, 0.717) is 12.0 Å². The van der Waals surface area contributed by atoms with E-state index in [-0.39, 0.29) is 28.1 Å². The maximum Gasteiger partial charge on any atom is 0.328 e. The first-order valence-corrected chi connectivity index (χ1v) is 9.09. The molecule has 24 heavy (non-hydrogen) atoms. The normalized spacial score (nSPS) is 34.1. The van der Waals surface area contributed by atoms with Crippen LogP contribution in [-0.2, 0) is 14.3 Å². The molecule has 2 aliphatic carbocycles. The molecule has 136 valence electrons. The molecule has 5 nitrogen and oxygen atoms in total. The number of likely N-dealkylation sites (tertiary alicyclic amines) is 1. The summed E-state index contributed by atoms with van der Waals surface area (Å²) >= 11 is 0. The van der Waals surface area contributed by atoms with E-state index in [1.54, 1.807) is 4.90 Å². The Morgan fingerprint density at radius 1 is 1.21 bits per heavy atom. The van der Waals surface area contributed by atoms with Crippen molar-refractivity contribution in [2.24, 2.45) is 27.4 Å². The molecule has 1 aliphatic heterocycles. The minimum atomic E-state index is -0.612. The van der Waals surface area contributed by atoms with E-state index in [1.165, 1.54) is 26.4 Å². The topological polar surface area (TPSA) is 72.6 Å². The molecule has 0 unspecified atom stereocenters. The van der Waals surface area contributed by atoms with Crippen LogP contribution < -0.4 is 5.73 Å². The largest absolute Gasteiger partial charge is 0.467 e. The highest BCUT2D eigenvalue weighted by molar-refractivity contribution is 5.89. The van der Waals surface area contributed by atoms with Gasteiger partial charge in [0.2, 0.25) is 5.91 Å². The molecule has 3 fully saturated rings. The van der Waals surface area contributed by atoms with E-state index >= 15 is 0 Å². The molecule has 2 N–H and O–H groups in total. The molecule has 2 saturated carbocycles. The van der Waals surface area contributed by atoms with Crippen LogP contribution in [0.2, 0.25) is 0 Å². The van der Waals surface area contributed by atoms with Crippen LogP contribution >= 0.6 is 0 Å². The second kappa shape index (κ2) is 4.96. The Bertz CT molecular complexity index is 574. The number of amides is 1. The molecule has 0 radical (unpaired) electrons. The van der Waals surface area contributed by atoms with Gasteiger partial charge in [0.25, 0.3) is 0 Å². The molecule has 0 aromatic rings. The van der Waals surface area contributed by atoms with Gasteiger partial charge in [0, 0.05) is 12.0 Å². The molecule has 0 aromatic carbocycles. The molecule has 3 rings (SSSR count). The van der Waals surface area contributed by atoms with Crippen LogP contribution in [0.15, 0.2) is 0 Å². The van der Waals surface area contributed by atoms with E-state index in [2.05, 4.69) is 13.8 Å². The zero-order valence-electron chi connectivity index (χ0n) is 15.9. The van der Waals surface area contributed by atoms with Crippen LogP contribution in [0.4, 0.5) is 0 Å². The Labute approximate surface area is 145 Å². The van der Waals surface area contributed by atoms with Gasteiger partial charge in [0.1, 0.15) is 6.04 Å². The van der Waals surface area contributed by atoms with Gasteiger partial charge < -0.3 is 15.4 Å². The summed E-state index contributed by atoms with van der Waals surface area (Å²) in [5.74, 6) is -0.426. The molecule has 0 aromatic heterocycles. The number of hydrogen-bond donors (Lipinski definition) is 1. The van der Waals surface area contributed by atoms with Gasteiger partial charge in [0.05, 0.1) is 13.2 Å². The van der Waals surface area contributed by atoms with Crippen molar-refractivity contribution in [2.75, 3.05) is 13.7 Å². The predicted octanol–water partition coefficient (Wildman–Crippen LogP) is 2.33. The van der Waals surface area contributed by atoms with Crippen molar-refractivity contribution in [3.63, 3.8) is 0 Å². The van der Waals surface area contributed by atoms with Crippen LogP contribution in [0, 0.1) is 21.7 Å². The third-order valence-corrected chi connectivity index (χ3v) is 7.77. The van der Waals surface area contributed by atoms with Crippen LogP contribution in [0.5, 0.6) is 0 Å². The van der Waals surface area contributed by atoms with Crippen molar-refractivity contribution in [1.29, 1.82) is 0 Å². The van der Waals surface area contributed by atoms with E-state index in [1.807, 2.05) is 20.8 Å². The first-order chi connectivity index (χ1) is 11.0. The summed E-state index contributed by atoms with van der Waals surface area (Å²) in [6, 6.07) is -1.10. The van der Waals surface area contributed by atoms with Crippen molar-refractivity contribution in [2.45, 2.75) is 72.4 Å². The number of ether oxygens (including phenoxy) is 1. The van der Waals surface area contributed by atoms with Gasteiger partial charge in [0.15, 0.2) is 0 Å². The van der Waals surface area contributed by atoms with Gasteiger partial charge in [-0.1, -0.05) is 41.0 Å². The first kappa shape index (κ1) is 17.7. The number of methoxy groups -OCH3 is 1. The summed E-state index contributed by atoms with van der Waals surface area (Å²) in [6.45, 7) is 11.1. The lowest BCUT2D eigenvalue weighted by Gasteiger charge is -2.33. The molecular formula is C19H32N2O3. The molecule has 3 atom stereocenters. The molecular weight excluding hydrogens is 304 g/mol. The van der Waals surface area contributed by atoms with Crippen molar-refractivity contribution in [1.82, 2.24) is 4.90 Å². The van der Waals surface area contributed by atoms with Crippen molar-refractivity contribution in [3.8, 4) is 0 Å². The fraction of sp³-hybridized carbons (Fsp3) is 0.895. The zero-order valence-corrected chi connectivity index (χ0v) is 15.9. The van der Waals surface area contributed by atoms with Gasteiger partial charge in [-0.2, -0.15) is 0 Å². The first-order valence-electron chi connectivity index (χ1n) is 9.09. The number of rotatable bonds is 2. The summed E-state index contributed by atoms with van der Waals surface area (Å²) in [5, 5.41) is 0. The number of nitrogens with two attached hydrogens (primary N) is 1. The molecule has 1 saturated heterocycles. The zero-order chi connectivity index (χ0) is 18.1. The lowest BCUT2D eigenvalue weighted by molar-refractivity contribution is -0.152. The maximum absolute atomic E-state index is 13.1.